The van der Waals surface area contributed by atoms with Crippen LogP contribution < -0.4 is 5.32 Å². The molecule has 1 heterocycles. The fraction of sp³-hybridized carbons (Fsp3) is 1.00. The zero-order chi connectivity index (χ0) is 6.20. The van der Waals surface area contributed by atoms with Gasteiger partial charge in [-0.3, -0.25) is 0 Å². The molecule has 0 aromatic heterocycles. The number of β-amino-alcohol motifs (C(OH)–C–C–N with tert-alkyl or cyclic N) is 2. The fourth-order valence-electron chi connectivity index (χ4n) is 0.658. The van der Waals surface area contributed by atoms with Crippen molar-refractivity contribution in [2.45, 2.75) is 12.0 Å². The zero-order valence-corrected chi connectivity index (χ0v) is 4.26. The third-order valence-corrected chi connectivity index (χ3v) is 1.22. The molecular formula is C4H8FNO2. The summed E-state index contributed by atoms with van der Waals surface area (Å²) in [6.07, 6.45) is -1.26. The molecule has 2 unspecified atom stereocenters. The second-order valence-corrected chi connectivity index (χ2v) is 1.97. The summed E-state index contributed by atoms with van der Waals surface area (Å²) in [5, 5.41) is 19.5. The van der Waals surface area contributed by atoms with Crippen molar-refractivity contribution in [3.05, 3.63) is 0 Å². The van der Waals surface area contributed by atoms with Crippen LogP contribution in [-0.2, 0) is 0 Å². The van der Waals surface area contributed by atoms with Gasteiger partial charge in [-0.1, -0.05) is 0 Å². The summed E-state index contributed by atoms with van der Waals surface area (Å²) in [5.41, 5.74) is 0. The molecule has 1 aliphatic rings. The molecule has 3 nitrogen and oxygen atoms in total. The summed E-state index contributed by atoms with van der Waals surface area (Å²) in [4.78, 5) is 0. The Balaban J connectivity index is 2.54. The summed E-state index contributed by atoms with van der Waals surface area (Å²) >= 11 is 0. The molecule has 1 fully saturated rings. The van der Waals surface area contributed by atoms with Crippen molar-refractivity contribution in [3.8, 4) is 0 Å². The molecule has 2 atom stereocenters. The van der Waals surface area contributed by atoms with Gasteiger partial charge in [0.2, 0.25) is 5.85 Å². The standard InChI is InChI=1S/C4H8FNO2/c5-4(8)2-6-1-3(4)7/h3,6-8H,1-2H2. The lowest BCUT2D eigenvalue weighted by Crippen LogP contribution is -2.36. The summed E-state index contributed by atoms with van der Waals surface area (Å²) in [7, 11) is 0. The Morgan fingerprint density at radius 3 is 2.50 bits per heavy atom. The van der Waals surface area contributed by atoms with Gasteiger partial charge in [0.1, 0.15) is 6.10 Å². The van der Waals surface area contributed by atoms with Crippen molar-refractivity contribution < 1.29 is 14.6 Å². The zero-order valence-electron chi connectivity index (χ0n) is 4.26. The lowest BCUT2D eigenvalue weighted by molar-refractivity contribution is -0.137. The molecule has 1 rings (SSSR count). The SMILES string of the molecule is OC1CNCC1(O)F. The first-order valence-electron chi connectivity index (χ1n) is 2.43. The Hall–Kier alpha value is -0.190. The van der Waals surface area contributed by atoms with Crippen molar-refractivity contribution in [2.75, 3.05) is 13.1 Å². The lowest BCUT2D eigenvalue weighted by atomic mass is 10.2. The minimum atomic E-state index is -2.40. The molecule has 0 spiro atoms. The highest BCUT2D eigenvalue weighted by molar-refractivity contribution is 4.86. The Morgan fingerprint density at radius 2 is 2.38 bits per heavy atom. The van der Waals surface area contributed by atoms with Crippen LogP contribution in [0.2, 0.25) is 0 Å². The first-order chi connectivity index (χ1) is 3.63. The van der Waals surface area contributed by atoms with Gasteiger partial charge in [0.05, 0.1) is 6.54 Å². The molecule has 0 aliphatic carbocycles. The van der Waals surface area contributed by atoms with E-state index in [2.05, 4.69) is 5.32 Å². The predicted molar refractivity (Wildman–Crippen MR) is 24.9 cm³/mol. The van der Waals surface area contributed by atoms with Crippen molar-refractivity contribution in [2.24, 2.45) is 0 Å². The van der Waals surface area contributed by atoms with Crippen LogP contribution in [0.1, 0.15) is 0 Å². The van der Waals surface area contributed by atoms with Crippen LogP contribution in [0.25, 0.3) is 0 Å². The highest BCUT2D eigenvalue weighted by Crippen LogP contribution is 2.15. The first kappa shape index (κ1) is 5.94. The maximum absolute atomic E-state index is 12.2. The van der Waals surface area contributed by atoms with E-state index in [1.165, 1.54) is 0 Å². The Morgan fingerprint density at radius 1 is 1.75 bits per heavy atom. The average molecular weight is 121 g/mol. The molecule has 0 amide bonds. The molecule has 0 radical (unpaired) electrons. The van der Waals surface area contributed by atoms with Gasteiger partial charge in [0, 0.05) is 6.54 Å². The van der Waals surface area contributed by atoms with Crippen LogP contribution in [0, 0.1) is 0 Å². The minimum Gasteiger partial charge on any atom is -0.386 e. The topological polar surface area (TPSA) is 52.5 Å². The number of aliphatic hydroxyl groups excluding tert-OH is 1. The van der Waals surface area contributed by atoms with Gasteiger partial charge < -0.3 is 15.5 Å². The maximum atomic E-state index is 12.2. The van der Waals surface area contributed by atoms with E-state index < -0.39 is 12.0 Å². The summed E-state index contributed by atoms with van der Waals surface area (Å²) in [6, 6.07) is 0. The number of alkyl halides is 1. The number of hydrogen-bond acceptors (Lipinski definition) is 3. The van der Waals surface area contributed by atoms with Gasteiger partial charge in [-0.15, -0.1) is 0 Å². The van der Waals surface area contributed by atoms with Crippen LogP contribution in [0.15, 0.2) is 0 Å². The van der Waals surface area contributed by atoms with E-state index in [0.717, 1.165) is 0 Å². The average Bonchev–Trinajstić information content (AvgIpc) is 1.86. The van der Waals surface area contributed by atoms with E-state index >= 15 is 0 Å². The van der Waals surface area contributed by atoms with Gasteiger partial charge in [-0.05, 0) is 0 Å². The number of rotatable bonds is 0. The summed E-state index contributed by atoms with van der Waals surface area (Å²) in [6.45, 7) is -0.0405. The molecule has 48 valence electrons. The lowest BCUT2D eigenvalue weighted by Gasteiger charge is -2.13. The highest BCUT2D eigenvalue weighted by Gasteiger charge is 2.40. The van der Waals surface area contributed by atoms with Crippen LogP contribution in [0.3, 0.4) is 0 Å². The van der Waals surface area contributed by atoms with E-state index in [4.69, 9.17) is 10.2 Å². The van der Waals surface area contributed by atoms with Gasteiger partial charge in [-0.25, -0.2) is 4.39 Å². The van der Waals surface area contributed by atoms with E-state index in [-0.39, 0.29) is 13.1 Å². The smallest absolute Gasteiger partial charge is 0.246 e. The molecule has 4 heteroatoms. The molecule has 1 saturated heterocycles. The molecule has 8 heavy (non-hydrogen) atoms. The van der Waals surface area contributed by atoms with Gasteiger partial charge in [0.25, 0.3) is 0 Å². The molecule has 1 aliphatic heterocycles. The number of aliphatic hydroxyl groups is 2. The van der Waals surface area contributed by atoms with Crippen molar-refractivity contribution in [1.82, 2.24) is 5.32 Å². The van der Waals surface area contributed by atoms with Crippen LogP contribution in [-0.4, -0.2) is 35.3 Å². The van der Waals surface area contributed by atoms with E-state index in [1.54, 1.807) is 0 Å². The van der Waals surface area contributed by atoms with E-state index in [0.29, 0.717) is 0 Å². The van der Waals surface area contributed by atoms with Gasteiger partial charge >= 0.3 is 0 Å². The number of hydrogen-bond donors (Lipinski definition) is 3. The maximum Gasteiger partial charge on any atom is 0.246 e. The largest absolute Gasteiger partial charge is 0.386 e. The molecule has 0 bridgehead atoms. The molecule has 0 saturated carbocycles. The predicted octanol–water partition coefficient (Wildman–Crippen LogP) is -1.39. The quantitative estimate of drug-likeness (QED) is 0.370. The molecule has 0 aromatic carbocycles. The minimum absolute atomic E-state index is 0.132. The van der Waals surface area contributed by atoms with E-state index in [9.17, 15) is 4.39 Å². The van der Waals surface area contributed by atoms with Gasteiger partial charge in [0.15, 0.2) is 0 Å². The van der Waals surface area contributed by atoms with Crippen molar-refractivity contribution in [1.29, 1.82) is 0 Å². The third kappa shape index (κ3) is 0.819. The Labute approximate surface area is 46.1 Å². The fourth-order valence-corrected chi connectivity index (χ4v) is 0.658. The number of halogens is 1. The van der Waals surface area contributed by atoms with Crippen LogP contribution in [0.5, 0.6) is 0 Å². The third-order valence-electron chi connectivity index (χ3n) is 1.22. The van der Waals surface area contributed by atoms with Gasteiger partial charge in [-0.2, -0.15) is 0 Å². The van der Waals surface area contributed by atoms with Crippen LogP contribution >= 0.6 is 0 Å². The first-order valence-corrected chi connectivity index (χ1v) is 2.43. The Bertz CT molecular complexity index is 96.0. The summed E-state index contributed by atoms with van der Waals surface area (Å²) in [5.74, 6) is -2.40. The van der Waals surface area contributed by atoms with Crippen molar-refractivity contribution >= 4 is 0 Å². The normalized spacial score (nSPS) is 47.6. The summed E-state index contributed by atoms with van der Waals surface area (Å²) < 4.78 is 12.2. The molecule has 0 aromatic rings. The van der Waals surface area contributed by atoms with Crippen LogP contribution in [0.4, 0.5) is 4.39 Å². The van der Waals surface area contributed by atoms with Crippen molar-refractivity contribution in [3.63, 3.8) is 0 Å². The van der Waals surface area contributed by atoms with E-state index in [1.807, 2.05) is 0 Å². The second kappa shape index (κ2) is 1.65. The molecular weight excluding hydrogens is 113 g/mol. The molecule has 3 N–H and O–H groups in total. The Kier molecular flexibility index (Phi) is 1.22. The highest BCUT2D eigenvalue weighted by atomic mass is 19.2. The second-order valence-electron chi connectivity index (χ2n) is 1.97. The monoisotopic (exact) mass is 121 g/mol. The number of nitrogens with one attached hydrogen (secondary N) is 1.